The van der Waals surface area contributed by atoms with Crippen LogP contribution in [-0.4, -0.2) is 19.0 Å². The first-order valence-electron chi connectivity index (χ1n) is 6.63. The molecule has 3 heteroatoms. The summed E-state index contributed by atoms with van der Waals surface area (Å²) in [5.74, 6) is 3.74. The Kier molecular flexibility index (Phi) is 7.02. The average Bonchev–Trinajstić information content (AvgIpc) is 2.38. The minimum Gasteiger partial charge on any atom is -0.494 e. The summed E-state index contributed by atoms with van der Waals surface area (Å²) in [6.45, 7) is 7.98. The van der Waals surface area contributed by atoms with Crippen LogP contribution in [0.5, 0.6) is 11.5 Å². The highest BCUT2D eigenvalue weighted by atomic mass is 32.1. The van der Waals surface area contributed by atoms with Crippen molar-refractivity contribution >= 4 is 12.6 Å². The van der Waals surface area contributed by atoms with Gasteiger partial charge in [0.05, 0.1) is 13.2 Å². The molecule has 1 aromatic carbocycles. The lowest BCUT2D eigenvalue weighted by Crippen LogP contribution is -2.19. The van der Waals surface area contributed by atoms with Gasteiger partial charge in [-0.25, -0.2) is 0 Å². The van der Waals surface area contributed by atoms with Crippen LogP contribution in [0.1, 0.15) is 27.2 Å². The maximum absolute atomic E-state index is 5.78. The maximum Gasteiger partial charge on any atom is 0.119 e. The lowest BCUT2D eigenvalue weighted by molar-refractivity contribution is 0.226. The number of benzene rings is 1. The highest BCUT2D eigenvalue weighted by molar-refractivity contribution is 7.80. The van der Waals surface area contributed by atoms with Gasteiger partial charge in [-0.3, -0.25) is 0 Å². The smallest absolute Gasteiger partial charge is 0.119 e. The minimum atomic E-state index is 0.490. The highest BCUT2D eigenvalue weighted by Gasteiger charge is 2.12. The van der Waals surface area contributed by atoms with E-state index in [9.17, 15) is 0 Å². The average molecular weight is 268 g/mol. The van der Waals surface area contributed by atoms with Gasteiger partial charge in [0.1, 0.15) is 11.5 Å². The fourth-order valence-electron chi connectivity index (χ4n) is 1.51. The van der Waals surface area contributed by atoms with Gasteiger partial charge in [0.2, 0.25) is 0 Å². The third-order valence-electron chi connectivity index (χ3n) is 2.94. The Labute approximate surface area is 116 Å². The van der Waals surface area contributed by atoms with E-state index in [1.165, 1.54) is 0 Å². The second kappa shape index (κ2) is 8.30. The predicted octanol–water partition coefficient (Wildman–Crippen LogP) is 4.06. The molecule has 1 aromatic rings. The maximum atomic E-state index is 5.78. The third-order valence-corrected chi connectivity index (χ3v) is 3.41. The van der Waals surface area contributed by atoms with Crippen LogP contribution in [0.2, 0.25) is 0 Å². The molecule has 0 saturated carbocycles. The van der Waals surface area contributed by atoms with Crippen LogP contribution < -0.4 is 9.47 Å². The number of hydrogen-bond acceptors (Lipinski definition) is 3. The summed E-state index contributed by atoms with van der Waals surface area (Å²) in [5.41, 5.74) is 0. The molecule has 0 bridgehead atoms. The second-order valence-corrected chi connectivity index (χ2v) is 5.18. The van der Waals surface area contributed by atoms with E-state index in [4.69, 9.17) is 9.47 Å². The van der Waals surface area contributed by atoms with E-state index >= 15 is 0 Å². The Balaban J connectivity index is 2.43. The Bertz CT molecular complexity index is 322. The van der Waals surface area contributed by atoms with Gasteiger partial charge in [0, 0.05) is 5.92 Å². The summed E-state index contributed by atoms with van der Waals surface area (Å²) in [5, 5.41) is 0. The van der Waals surface area contributed by atoms with E-state index in [1.807, 2.05) is 24.3 Å². The first-order chi connectivity index (χ1) is 8.67. The van der Waals surface area contributed by atoms with Crippen LogP contribution >= 0.6 is 12.6 Å². The molecule has 0 aliphatic rings. The lowest BCUT2D eigenvalue weighted by Gasteiger charge is -2.19. The van der Waals surface area contributed by atoms with Gasteiger partial charge in [-0.1, -0.05) is 20.8 Å². The van der Waals surface area contributed by atoms with Crippen molar-refractivity contribution in [2.45, 2.75) is 27.2 Å². The molecular weight excluding hydrogens is 244 g/mol. The van der Waals surface area contributed by atoms with Crippen LogP contribution in [0.3, 0.4) is 0 Å². The molecule has 1 unspecified atom stereocenters. The molecule has 0 amide bonds. The van der Waals surface area contributed by atoms with Crippen molar-refractivity contribution in [1.82, 2.24) is 0 Å². The molecule has 0 N–H and O–H groups in total. The third kappa shape index (κ3) is 5.21. The minimum absolute atomic E-state index is 0.490. The number of ether oxygens (including phenoxy) is 2. The monoisotopic (exact) mass is 268 g/mol. The van der Waals surface area contributed by atoms with E-state index in [2.05, 4.69) is 33.4 Å². The van der Waals surface area contributed by atoms with E-state index in [0.717, 1.165) is 36.9 Å². The first-order valence-corrected chi connectivity index (χ1v) is 7.27. The van der Waals surface area contributed by atoms with E-state index in [-0.39, 0.29) is 0 Å². The fourth-order valence-corrected chi connectivity index (χ4v) is 2.04. The van der Waals surface area contributed by atoms with Crippen molar-refractivity contribution in [1.29, 1.82) is 0 Å². The van der Waals surface area contributed by atoms with Gasteiger partial charge in [0.25, 0.3) is 0 Å². The number of hydrogen-bond donors (Lipinski definition) is 1. The van der Waals surface area contributed by atoms with Crippen LogP contribution in [0, 0.1) is 11.8 Å². The van der Waals surface area contributed by atoms with Gasteiger partial charge in [-0.2, -0.15) is 12.6 Å². The molecule has 18 heavy (non-hydrogen) atoms. The number of thiol groups is 1. The topological polar surface area (TPSA) is 18.5 Å². The summed E-state index contributed by atoms with van der Waals surface area (Å²) >= 11 is 4.36. The molecule has 1 atom stereocenters. The van der Waals surface area contributed by atoms with Crippen molar-refractivity contribution in [2.24, 2.45) is 11.8 Å². The molecule has 102 valence electrons. The lowest BCUT2D eigenvalue weighted by atomic mass is 9.99. The van der Waals surface area contributed by atoms with E-state index in [0.29, 0.717) is 11.8 Å². The summed E-state index contributed by atoms with van der Waals surface area (Å²) in [6.07, 6.45) is 1.02. The quantitative estimate of drug-likeness (QED) is 0.717. The van der Waals surface area contributed by atoms with Crippen molar-refractivity contribution < 1.29 is 9.47 Å². The molecule has 0 heterocycles. The van der Waals surface area contributed by atoms with Crippen molar-refractivity contribution in [3.8, 4) is 11.5 Å². The van der Waals surface area contributed by atoms with Crippen LogP contribution in [0.4, 0.5) is 0 Å². The number of rotatable bonds is 8. The molecular formula is C15H24O2S. The SMILES string of the molecule is CCCOc1ccc(OCC(CS)C(C)C)cc1. The van der Waals surface area contributed by atoms with Gasteiger partial charge >= 0.3 is 0 Å². The molecule has 0 saturated heterocycles. The van der Waals surface area contributed by atoms with E-state index < -0.39 is 0 Å². The van der Waals surface area contributed by atoms with Crippen LogP contribution in [-0.2, 0) is 0 Å². The molecule has 0 aromatic heterocycles. The largest absolute Gasteiger partial charge is 0.494 e. The molecule has 0 spiro atoms. The first kappa shape index (κ1) is 15.2. The predicted molar refractivity (Wildman–Crippen MR) is 79.9 cm³/mol. The normalized spacial score (nSPS) is 12.5. The Morgan fingerprint density at radius 1 is 1.06 bits per heavy atom. The van der Waals surface area contributed by atoms with Gasteiger partial charge in [-0.15, -0.1) is 0 Å². The second-order valence-electron chi connectivity index (χ2n) is 4.82. The van der Waals surface area contributed by atoms with Gasteiger partial charge in [-0.05, 0) is 42.4 Å². The van der Waals surface area contributed by atoms with E-state index in [1.54, 1.807) is 0 Å². The zero-order valence-electron chi connectivity index (χ0n) is 11.6. The Hall–Kier alpha value is -0.830. The highest BCUT2D eigenvalue weighted by Crippen LogP contribution is 2.20. The van der Waals surface area contributed by atoms with Crippen LogP contribution in [0.15, 0.2) is 24.3 Å². The summed E-state index contributed by atoms with van der Waals surface area (Å²) in [4.78, 5) is 0. The zero-order chi connectivity index (χ0) is 13.4. The van der Waals surface area contributed by atoms with Crippen molar-refractivity contribution in [2.75, 3.05) is 19.0 Å². The molecule has 0 fully saturated rings. The zero-order valence-corrected chi connectivity index (χ0v) is 12.5. The summed E-state index contributed by atoms with van der Waals surface area (Å²) < 4.78 is 11.3. The van der Waals surface area contributed by atoms with Crippen molar-refractivity contribution in [3.05, 3.63) is 24.3 Å². The Morgan fingerprint density at radius 2 is 1.61 bits per heavy atom. The van der Waals surface area contributed by atoms with Gasteiger partial charge < -0.3 is 9.47 Å². The summed E-state index contributed by atoms with van der Waals surface area (Å²) in [6, 6.07) is 7.83. The molecule has 2 nitrogen and oxygen atoms in total. The molecule has 1 rings (SSSR count). The molecule has 0 radical (unpaired) electrons. The Morgan fingerprint density at radius 3 is 2.06 bits per heavy atom. The molecule has 0 aliphatic heterocycles. The summed E-state index contributed by atoms with van der Waals surface area (Å²) in [7, 11) is 0. The standard InChI is InChI=1S/C15H24O2S/c1-4-9-16-14-5-7-15(8-6-14)17-10-13(11-18)12(2)3/h5-8,12-13,18H,4,9-11H2,1-3H3. The van der Waals surface area contributed by atoms with Crippen LogP contribution in [0.25, 0.3) is 0 Å². The van der Waals surface area contributed by atoms with Crippen molar-refractivity contribution in [3.63, 3.8) is 0 Å². The van der Waals surface area contributed by atoms with Gasteiger partial charge in [0.15, 0.2) is 0 Å². The fraction of sp³-hybridized carbons (Fsp3) is 0.600. The molecule has 0 aliphatic carbocycles.